The third-order valence-electron chi connectivity index (χ3n) is 4.17. The highest BCUT2D eigenvalue weighted by Gasteiger charge is 2.09. The molecule has 0 aliphatic carbocycles. The second-order valence-corrected chi connectivity index (χ2v) is 7.31. The van der Waals surface area contributed by atoms with Gasteiger partial charge in [-0.05, 0) is 55.5 Å². The van der Waals surface area contributed by atoms with Crippen molar-refractivity contribution >= 4 is 27.6 Å². The van der Waals surface area contributed by atoms with Crippen molar-refractivity contribution in [2.45, 2.75) is 13.5 Å². The van der Waals surface area contributed by atoms with Crippen molar-refractivity contribution in [3.05, 3.63) is 59.9 Å². The van der Waals surface area contributed by atoms with Gasteiger partial charge in [-0.1, -0.05) is 0 Å². The van der Waals surface area contributed by atoms with Crippen LogP contribution >= 0.6 is 11.3 Å². The summed E-state index contributed by atoms with van der Waals surface area (Å²) in [6, 6.07) is 14.9. The molecule has 1 amide bonds. The molecule has 0 aliphatic rings. The van der Waals surface area contributed by atoms with Crippen LogP contribution in [0, 0.1) is 6.92 Å². The van der Waals surface area contributed by atoms with Crippen LogP contribution in [0.25, 0.3) is 20.8 Å². The number of carbonyl (C=O) groups excluding carboxylic acids is 1. The lowest BCUT2D eigenvalue weighted by molar-refractivity contribution is 0.211. The maximum absolute atomic E-state index is 10.8. The molecule has 0 spiro atoms. The number of ether oxygens (including phenoxy) is 2. The summed E-state index contributed by atoms with van der Waals surface area (Å²) in [4.78, 5) is 15.5. The Labute approximate surface area is 165 Å². The van der Waals surface area contributed by atoms with Crippen LogP contribution in [0.3, 0.4) is 0 Å². The highest BCUT2D eigenvalue weighted by atomic mass is 32.1. The topological polar surface area (TPSA) is 92.3 Å². The molecule has 2 aromatic heterocycles. The zero-order valence-corrected chi connectivity index (χ0v) is 16.2. The number of aryl methyl sites for hydroxylation is 2. The van der Waals surface area contributed by atoms with Crippen LogP contribution < -0.4 is 15.2 Å². The minimum Gasteiger partial charge on any atom is -0.487 e. The highest BCUT2D eigenvalue weighted by molar-refractivity contribution is 7.21. The molecule has 4 rings (SSSR count). The van der Waals surface area contributed by atoms with E-state index in [0.717, 1.165) is 37.9 Å². The van der Waals surface area contributed by atoms with Gasteiger partial charge in [-0.25, -0.2) is 9.78 Å². The first-order valence-corrected chi connectivity index (χ1v) is 9.40. The van der Waals surface area contributed by atoms with Crippen LogP contribution in [-0.4, -0.2) is 20.9 Å². The average molecular weight is 394 g/mol. The number of hydrogen-bond acceptors (Lipinski definition) is 6. The minimum atomic E-state index is -0.832. The van der Waals surface area contributed by atoms with Crippen LogP contribution in [0.4, 0.5) is 4.79 Å². The molecule has 0 saturated heterocycles. The van der Waals surface area contributed by atoms with Crippen molar-refractivity contribution in [1.82, 2.24) is 14.8 Å². The van der Waals surface area contributed by atoms with Crippen molar-refractivity contribution in [1.29, 1.82) is 0 Å². The van der Waals surface area contributed by atoms with E-state index in [4.69, 9.17) is 15.2 Å². The normalized spacial score (nSPS) is 10.9. The molecule has 2 heterocycles. The van der Waals surface area contributed by atoms with E-state index in [9.17, 15) is 4.79 Å². The van der Waals surface area contributed by atoms with Crippen LogP contribution in [0.5, 0.6) is 11.5 Å². The first-order valence-electron chi connectivity index (χ1n) is 8.58. The number of benzene rings is 2. The molecule has 0 fully saturated rings. The van der Waals surface area contributed by atoms with Gasteiger partial charge < -0.3 is 15.2 Å². The summed E-state index contributed by atoms with van der Waals surface area (Å²) in [5.74, 6) is 1.19. The number of amides is 1. The Morgan fingerprint density at radius 1 is 1.14 bits per heavy atom. The van der Waals surface area contributed by atoms with Gasteiger partial charge in [0.2, 0.25) is 0 Å². The van der Waals surface area contributed by atoms with E-state index in [1.54, 1.807) is 23.5 Å². The number of nitrogens with two attached hydrogens (primary N) is 1. The van der Waals surface area contributed by atoms with Gasteiger partial charge in [-0.15, -0.1) is 11.3 Å². The lowest BCUT2D eigenvalue weighted by Gasteiger charge is -2.06. The van der Waals surface area contributed by atoms with Crippen molar-refractivity contribution in [3.63, 3.8) is 0 Å². The SMILES string of the molecule is Cc1cc(COc2ccc3nc(-c4ccc(OC(N)=O)cc4)sc3c2)n(C)n1. The smallest absolute Gasteiger partial charge is 0.409 e. The van der Waals surface area contributed by atoms with Crippen molar-refractivity contribution in [2.75, 3.05) is 0 Å². The fourth-order valence-corrected chi connectivity index (χ4v) is 3.86. The molecule has 0 atom stereocenters. The third-order valence-corrected chi connectivity index (χ3v) is 5.23. The van der Waals surface area contributed by atoms with Gasteiger partial charge in [-0.2, -0.15) is 5.10 Å². The molecule has 0 radical (unpaired) electrons. The van der Waals surface area contributed by atoms with E-state index >= 15 is 0 Å². The zero-order chi connectivity index (χ0) is 19.7. The van der Waals surface area contributed by atoms with Crippen molar-refractivity contribution < 1.29 is 14.3 Å². The fourth-order valence-electron chi connectivity index (χ4n) is 2.86. The number of rotatable bonds is 5. The van der Waals surface area contributed by atoms with Gasteiger partial charge in [0, 0.05) is 12.6 Å². The second kappa shape index (κ2) is 7.32. The lowest BCUT2D eigenvalue weighted by Crippen LogP contribution is -2.16. The number of aromatic nitrogens is 3. The summed E-state index contributed by atoms with van der Waals surface area (Å²) in [6.07, 6.45) is -0.832. The number of fused-ring (bicyclic) bond motifs is 1. The maximum atomic E-state index is 10.8. The molecule has 28 heavy (non-hydrogen) atoms. The van der Waals surface area contributed by atoms with Gasteiger partial charge in [-0.3, -0.25) is 4.68 Å². The van der Waals surface area contributed by atoms with Crippen molar-refractivity contribution in [3.8, 4) is 22.1 Å². The summed E-state index contributed by atoms with van der Waals surface area (Å²) < 4.78 is 13.6. The molecule has 7 nitrogen and oxygen atoms in total. The Hall–Kier alpha value is -3.39. The summed E-state index contributed by atoms with van der Waals surface area (Å²) in [5, 5.41) is 5.20. The van der Waals surface area contributed by atoms with Crippen molar-refractivity contribution in [2.24, 2.45) is 12.8 Å². The Kier molecular flexibility index (Phi) is 4.70. The van der Waals surface area contributed by atoms with Gasteiger partial charge >= 0.3 is 6.09 Å². The highest BCUT2D eigenvalue weighted by Crippen LogP contribution is 2.33. The summed E-state index contributed by atoms with van der Waals surface area (Å²) in [7, 11) is 1.91. The van der Waals surface area contributed by atoms with Crippen LogP contribution in [0.15, 0.2) is 48.5 Å². The molecule has 0 saturated carbocycles. The predicted molar refractivity (Wildman–Crippen MR) is 108 cm³/mol. The van der Waals surface area contributed by atoms with E-state index in [0.29, 0.717) is 12.4 Å². The molecular formula is C20H18N4O3S. The van der Waals surface area contributed by atoms with Crippen LogP contribution in [0.2, 0.25) is 0 Å². The first kappa shape index (κ1) is 18.0. The quantitative estimate of drug-likeness (QED) is 0.551. The first-order chi connectivity index (χ1) is 13.5. The van der Waals surface area contributed by atoms with E-state index in [1.165, 1.54) is 0 Å². The van der Waals surface area contributed by atoms with E-state index in [-0.39, 0.29) is 0 Å². The van der Waals surface area contributed by atoms with Gasteiger partial charge in [0.15, 0.2) is 0 Å². The molecule has 2 aromatic carbocycles. The predicted octanol–water partition coefficient (Wildman–Crippen LogP) is 4.04. The van der Waals surface area contributed by atoms with Gasteiger partial charge in [0.25, 0.3) is 0 Å². The summed E-state index contributed by atoms with van der Waals surface area (Å²) in [6.45, 7) is 2.41. The largest absolute Gasteiger partial charge is 0.487 e. The van der Waals surface area contributed by atoms with Gasteiger partial charge in [0.05, 0.1) is 21.6 Å². The molecule has 0 bridgehead atoms. The van der Waals surface area contributed by atoms with Gasteiger partial charge in [0.1, 0.15) is 23.1 Å². The fraction of sp³-hybridized carbons (Fsp3) is 0.150. The Bertz CT molecular complexity index is 1150. The number of nitrogens with zero attached hydrogens (tertiary/aromatic N) is 3. The number of carbonyl (C=O) groups is 1. The number of hydrogen-bond donors (Lipinski definition) is 1. The zero-order valence-electron chi connectivity index (χ0n) is 15.4. The molecular weight excluding hydrogens is 376 g/mol. The van der Waals surface area contributed by atoms with E-state index < -0.39 is 6.09 Å². The molecule has 8 heteroatoms. The van der Waals surface area contributed by atoms with E-state index in [2.05, 4.69) is 10.1 Å². The second-order valence-electron chi connectivity index (χ2n) is 6.28. The minimum absolute atomic E-state index is 0.401. The molecule has 0 unspecified atom stereocenters. The number of primary amides is 1. The Balaban J connectivity index is 1.53. The Morgan fingerprint density at radius 2 is 1.89 bits per heavy atom. The Morgan fingerprint density at radius 3 is 2.57 bits per heavy atom. The van der Waals surface area contributed by atoms with Crippen LogP contribution in [0.1, 0.15) is 11.4 Å². The molecule has 2 N–H and O–H groups in total. The lowest BCUT2D eigenvalue weighted by atomic mass is 10.2. The molecule has 4 aromatic rings. The molecule has 0 aliphatic heterocycles. The van der Waals surface area contributed by atoms with E-state index in [1.807, 2.05) is 55.1 Å². The molecule has 142 valence electrons. The monoisotopic (exact) mass is 394 g/mol. The average Bonchev–Trinajstić information content (AvgIpc) is 3.22. The van der Waals surface area contributed by atoms with Crippen LogP contribution in [-0.2, 0) is 13.7 Å². The third kappa shape index (κ3) is 3.81. The summed E-state index contributed by atoms with van der Waals surface area (Å²) >= 11 is 1.57. The number of thiazole rings is 1. The summed E-state index contributed by atoms with van der Waals surface area (Å²) in [5.41, 5.74) is 8.84. The maximum Gasteiger partial charge on any atom is 0.409 e. The standard InChI is InChI=1S/C20H18N4O3S/c1-12-9-14(24(2)23-12)11-26-16-7-8-17-18(10-16)28-19(22-17)13-3-5-15(6-4-13)27-20(21)25/h3-10H,11H2,1-2H3,(H2,21,25).